The molecule has 0 saturated carbocycles. The Hall–Kier alpha value is -4.37. The first-order valence-corrected chi connectivity index (χ1v) is 11.7. The van der Waals surface area contributed by atoms with Gasteiger partial charge in [-0.3, -0.25) is 14.5 Å². The van der Waals surface area contributed by atoms with Crippen molar-refractivity contribution in [3.8, 4) is 6.07 Å². The number of nitrogens with zero attached hydrogens (tertiary/aromatic N) is 2. The maximum atomic E-state index is 13.9. The average molecular weight is 461 g/mol. The molecule has 1 amide bonds. The Morgan fingerprint density at radius 2 is 1.69 bits per heavy atom. The van der Waals surface area contributed by atoms with Crippen LogP contribution in [0.1, 0.15) is 32.3 Å². The van der Waals surface area contributed by atoms with Crippen molar-refractivity contribution < 1.29 is 9.59 Å². The number of anilines is 2. The highest BCUT2D eigenvalue weighted by Gasteiger charge is 2.61. The van der Waals surface area contributed by atoms with Gasteiger partial charge in [0.1, 0.15) is 17.3 Å². The van der Waals surface area contributed by atoms with Crippen molar-refractivity contribution in [3.63, 3.8) is 0 Å². The molecule has 1 spiro atoms. The lowest BCUT2D eigenvalue weighted by Gasteiger charge is -2.47. The average Bonchev–Trinajstić information content (AvgIpc) is 3.10. The van der Waals surface area contributed by atoms with Crippen LogP contribution in [-0.4, -0.2) is 11.7 Å². The molecule has 2 aliphatic heterocycles. The Labute approximate surface area is 203 Å². The maximum absolute atomic E-state index is 13.9. The predicted octanol–water partition coefficient (Wildman–Crippen LogP) is 4.89. The van der Waals surface area contributed by atoms with Gasteiger partial charge in [-0.25, -0.2) is 0 Å². The first-order chi connectivity index (χ1) is 16.8. The highest BCUT2D eigenvalue weighted by atomic mass is 16.2. The normalized spacial score (nSPS) is 22.8. The molecule has 3 aromatic carbocycles. The van der Waals surface area contributed by atoms with Gasteiger partial charge >= 0.3 is 0 Å². The molecular weight excluding hydrogens is 436 g/mol. The van der Waals surface area contributed by atoms with Gasteiger partial charge in [0.2, 0.25) is 5.91 Å². The van der Waals surface area contributed by atoms with Gasteiger partial charge in [-0.1, -0.05) is 68.4 Å². The highest BCUT2D eigenvalue weighted by Crippen LogP contribution is 2.57. The first-order valence-electron chi connectivity index (χ1n) is 11.7. The second-order valence-electron chi connectivity index (χ2n) is 10.2. The van der Waals surface area contributed by atoms with E-state index in [4.69, 9.17) is 5.73 Å². The molecule has 0 fully saturated rings. The van der Waals surface area contributed by atoms with Crippen molar-refractivity contribution in [2.75, 3.05) is 10.2 Å². The van der Waals surface area contributed by atoms with Crippen LogP contribution in [-0.2, 0) is 15.0 Å². The summed E-state index contributed by atoms with van der Waals surface area (Å²) < 4.78 is 0. The summed E-state index contributed by atoms with van der Waals surface area (Å²) in [5.74, 6) is -0.357. The van der Waals surface area contributed by atoms with Crippen LogP contribution in [0.15, 0.2) is 89.4 Å². The molecule has 0 radical (unpaired) electrons. The molecular formula is C29H24N4O2. The van der Waals surface area contributed by atoms with Crippen molar-refractivity contribution in [2.45, 2.75) is 32.1 Å². The fourth-order valence-electron chi connectivity index (χ4n) is 6.05. The predicted molar refractivity (Wildman–Crippen MR) is 135 cm³/mol. The number of ketones is 1. The summed E-state index contributed by atoms with van der Waals surface area (Å²) in [6.07, 6.45) is 0.818. The second kappa shape index (κ2) is 7.07. The Balaban J connectivity index is 1.75. The molecule has 3 aromatic rings. The quantitative estimate of drug-likeness (QED) is 0.539. The molecule has 1 atom stereocenters. The van der Waals surface area contributed by atoms with Gasteiger partial charge in [-0.15, -0.1) is 0 Å². The van der Waals surface area contributed by atoms with Gasteiger partial charge < -0.3 is 11.1 Å². The van der Waals surface area contributed by atoms with Crippen LogP contribution in [0, 0.1) is 16.7 Å². The Morgan fingerprint density at radius 3 is 2.49 bits per heavy atom. The number of carbonyl (C=O) groups excluding carboxylic acids is 2. The van der Waals surface area contributed by atoms with E-state index < -0.39 is 11.3 Å². The van der Waals surface area contributed by atoms with Crippen LogP contribution >= 0.6 is 0 Å². The molecule has 1 unspecified atom stereocenters. The fraction of sp³-hybridized carbons (Fsp3) is 0.207. The van der Waals surface area contributed by atoms with Gasteiger partial charge in [-0.05, 0) is 29.4 Å². The first kappa shape index (κ1) is 21.2. The summed E-state index contributed by atoms with van der Waals surface area (Å²) in [5.41, 5.74) is 8.05. The lowest BCUT2D eigenvalue weighted by molar-refractivity contribution is -0.123. The highest BCUT2D eigenvalue weighted by molar-refractivity contribution is 6.20. The topological polar surface area (TPSA) is 99.2 Å². The number of Topliss-reactive ketones (excluding diaryl/α,β-unsaturated/α-hetero) is 1. The zero-order valence-electron chi connectivity index (χ0n) is 19.6. The lowest BCUT2D eigenvalue weighted by atomic mass is 9.60. The third-order valence-electron chi connectivity index (χ3n) is 7.41. The number of benzene rings is 3. The number of carbonyl (C=O) groups is 2. The molecule has 0 saturated heterocycles. The largest absolute Gasteiger partial charge is 0.384 e. The van der Waals surface area contributed by atoms with Crippen molar-refractivity contribution in [3.05, 3.63) is 95.0 Å². The number of fused-ring (bicyclic) bond motifs is 4. The molecule has 6 nitrogen and oxygen atoms in total. The molecule has 2 heterocycles. The molecule has 1 aliphatic carbocycles. The van der Waals surface area contributed by atoms with E-state index in [2.05, 4.69) is 11.4 Å². The van der Waals surface area contributed by atoms with E-state index in [-0.39, 0.29) is 29.0 Å². The Morgan fingerprint density at radius 1 is 0.971 bits per heavy atom. The van der Waals surface area contributed by atoms with E-state index in [1.165, 1.54) is 0 Å². The van der Waals surface area contributed by atoms with Crippen LogP contribution in [0.25, 0.3) is 10.8 Å². The van der Waals surface area contributed by atoms with Gasteiger partial charge in [-0.2, -0.15) is 5.26 Å². The Bertz CT molecular complexity index is 1570. The SMILES string of the molecule is CC1(C)CC(=O)C2=C(C1)N(c1cccc3ccccc13)C(N)=C(C#N)C21C(=O)Nc2ccccc21. The smallest absolute Gasteiger partial charge is 0.245 e. The van der Waals surface area contributed by atoms with Gasteiger partial charge in [0.25, 0.3) is 0 Å². The summed E-state index contributed by atoms with van der Waals surface area (Å²) >= 11 is 0. The minimum Gasteiger partial charge on any atom is -0.384 e. The number of nitrogens with one attached hydrogen (secondary N) is 1. The number of amides is 1. The van der Waals surface area contributed by atoms with E-state index in [1.54, 1.807) is 6.07 Å². The maximum Gasteiger partial charge on any atom is 0.245 e. The number of allylic oxidation sites excluding steroid dienone is 1. The van der Waals surface area contributed by atoms with Crippen molar-refractivity contribution >= 4 is 33.8 Å². The number of hydrogen-bond acceptors (Lipinski definition) is 5. The second-order valence-corrected chi connectivity index (χ2v) is 10.2. The molecule has 172 valence electrons. The number of hydrogen-bond donors (Lipinski definition) is 2. The third-order valence-corrected chi connectivity index (χ3v) is 7.41. The van der Waals surface area contributed by atoms with Crippen LogP contribution in [0.4, 0.5) is 11.4 Å². The van der Waals surface area contributed by atoms with Crippen molar-refractivity contribution in [1.29, 1.82) is 5.26 Å². The number of nitrogens with two attached hydrogens (primary N) is 1. The molecule has 35 heavy (non-hydrogen) atoms. The fourth-order valence-corrected chi connectivity index (χ4v) is 6.05. The molecule has 3 N–H and O–H groups in total. The molecule has 0 aromatic heterocycles. The monoisotopic (exact) mass is 460 g/mol. The zero-order chi connectivity index (χ0) is 24.5. The summed E-state index contributed by atoms with van der Waals surface area (Å²) in [5, 5.41) is 15.3. The molecule has 3 aliphatic rings. The van der Waals surface area contributed by atoms with Crippen LogP contribution in [0.3, 0.4) is 0 Å². The van der Waals surface area contributed by atoms with Gasteiger partial charge in [0, 0.05) is 34.3 Å². The minimum atomic E-state index is -1.56. The van der Waals surface area contributed by atoms with E-state index in [1.807, 2.05) is 79.4 Å². The Kier molecular flexibility index (Phi) is 4.28. The van der Waals surface area contributed by atoms with Gasteiger partial charge in [0.15, 0.2) is 5.78 Å². The standard InChI is InChI=1S/C29H24N4O2/c1-28(2)14-23-25(24(34)15-28)29(19-11-5-6-12-21(19)32-27(29)35)20(16-30)26(31)33(23)22-13-7-9-17-8-3-4-10-18(17)22/h3-13H,14-15,31H2,1-2H3,(H,32,35). The van der Waals surface area contributed by atoms with Crippen molar-refractivity contribution in [1.82, 2.24) is 0 Å². The summed E-state index contributed by atoms with van der Waals surface area (Å²) in [6.45, 7) is 4.09. The summed E-state index contributed by atoms with van der Waals surface area (Å²) in [4.78, 5) is 29.6. The summed E-state index contributed by atoms with van der Waals surface area (Å²) in [6, 6.07) is 23.3. The van der Waals surface area contributed by atoms with Crippen LogP contribution in [0.2, 0.25) is 0 Å². The van der Waals surface area contributed by atoms with E-state index in [9.17, 15) is 14.9 Å². The number of rotatable bonds is 1. The van der Waals surface area contributed by atoms with E-state index >= 15 is 0 Å². The minimum absolute atomic E-state index is 0.0830. The van der Waals surface area contributed by atoms with Crippen LogP contribution in [0.5, 0.6) is 0 Å². The lowest BCUT2D eigenvalue weighted by Crippen LogP contribution is -2.52. The summed E-state index contributed by atoms with van der Waals surface area (Å²) in [7, 11) is 0. The zero-order valence-corrected chi connectivity index (χ0v) is 19.6. The third kappa shape index (κ3) is 2.69. The van der Waals surface area contributed by atoms with E-state index in [0.717, 1.165) is 16.5 Å². The molecule has 6 rings (SSSR count). The molecule has 0 bridgehead atoms. The van der Waals surface area contributed by atoms with Crippen LogP contribution < -0.4 is 16.0 Å². The number of nitriles is 1. The van der Waals surface area contributed by atoms with E-state index in [0.29, 0.717) is 28.9 Å². The number of para-hydroxylation sites is 1. The molecule has 6 heteroatoms. The van der Waals surface area contributed by atoms with Gasteiger partial charge in [0.05, 0.1) is 11.3 Å². The van der Waals surface area contributed by atoms with Crippen molar-refractivity contribution in [2.24, 2.45) is 11.1 Å².